The van der Waals surface area contributed by atoms with Gasteiger partial charge in [-0.25, -0.2) is 13.4 Å². The van der Waals surface area contributed by atoms with E-state index in [1.54, 1.807) is 23.6 Å². The Balaban J connectivity index is 1.61. The number of anilines is 1. The van der Waals surface area contributed by atoms with Gasteiger partial charge in [0.2, 0.25) is 10.0 Å². The molecule has 3 aromatic rings. The van der Waals surface area contributed by atoms with Crippen molar-refractivity contribution in [3.8, 4) is 0 Å². The lowest BCUT2D eigenvalue weighted by Gasteiger charge is -2.15. The molecular weight excluding hydrogens is 414 g/mol. The standard InChI is InChI=1S/C16H14ClN3O3S3/c17-10-3-4-11-12(9-10)25-16(18-11)19-15(21)14-13(5-8-24-14)26(22,23)20-6-1-2-7-20/h3-5,8-9H,1-2,6-7H2,(H,18,19,21). The van der Waals surface area contributed by atoms with Crippen LogP contribution in [0.4, 0.5) is 5.13 Å². The van der Waals surface area contributed by atoms with E-state index in [9.17, 15) is 13.2 Å². The van der Waals surface area contributed by atoms with Gasteiger partial charge in [-0.1, -0.05) is 22.9 Å². The van der Waals surface area contributed by atoms with Crippen molar-refractivity contribution in [2.75, 3.05) is 18.4 Å². The van der Waals surface area contributed by atoms with Gasteiger partial charge < -0.3 is 0 Å². The lowest BCUT2D eigenvalue weighted by molar-refractivity contribution is 0.102. The first kappa shape index (κ1) is 17.9. The molecule has 26 heavy (non-hydrogen) atoms. The molecule has 1 aliphatic rings. The van der Waals surface area contributed by atoms with Crippen LogP contribution >= 0.6 is 34.3 Å². The smallest absolute Gasteiger partial charge is 0.268 e. The van der Waals surface area contributed by atoms with Gasteiger partial charge in [0.1, 0.15) is 9.77 Å². The molecule has 4 rings (SSSR count). The number of carbonyl (C=O) groups is 1. The number of benzene rings is 1. The third kappa shape index (κ3) is 3.25. The second kappa shape index (κ2) is 6.90. The molecule has 3 heterocycles. The number of fused-ring (bicyclic) bond motifs is 1. The summed E-state index contributed by atoms with van der Waals surface area (Å²) in [4.78, 5) is 17.2. The summed E-state index contributed by atoms with van der Waals surface area (Å²) in [6.45, 7) is 0.996. The zero-order valence-electron chi connectivity index (χ0n) is 13.4. The molecule has 1 N–H and O–H groups in total. The molecule has 0 unspecified atom stereocenters. The van der Waals surface area contributed by atoms with Crippen molar-refractivity contribution in [2.24, 2.45) is 0 Å². The maximum absolute atomic E-state index is 12.8. The molecule has 0 aliphatic carbocycles. The number of nitrogens with zero attached hydrogens (tertiary/aromatic N) is 2. The van der Waals surface area contributed by atoms with Gasteiger partial charge in [0.15, 0.2) is 5.13 Å². The molecule has 2 aromatic heterocycles. The molecule has 1 saturated heterocycles. The van der Waals surface area contributed by atoms with Crippen LogP contribution in [0.3, 0.4) is 0 Å². The molecule has 0 radical (unpaired) electrons. The summed E-state index contributed by atoms with van der Waals surface area (Å²) < 4.78 is 27.8. The van der Waals surface area contributed by atoms with Crippen molar-refractivity contribution in [2.45, 2.75) is 17.7 Å². The van der Waals surface area contributed by atoms with Gasteiger partial charge in [-0.2, -0.15) is 4.31 Å². The van der Waals surface area contributed by atoms with Crippen LogP contribution in [0.2, 0.25) is 5.02 Å². The second-order valence-corrected chi connectivity index (χ2v) is 10.1. The first-order chi connectivity index (χ1) is 12.4. The summed E-state index contributed by atoms with van der Waals surface area (Å²) in [7, 11) is -3.65. The highest BCUT2D eigenvalue weighted by Gasteiger charge is 2.32. The average molecular weight is 428 g/mol. The molecule has 6 nitrogen and oxygen atoms in total. The zero-order valence-corrected chi connectivity index (χ0v) is 16.6. The molecule has 1 aliphatic heterocycles. The minimum Gasteiger partial charge on any atom is -0.297 e. The molecular formula is C16H14ClN3O3S3. The molecule has 0 bridgehead atoms. The Morgan fingerprint density at radius 2 is 2.00 bits per heavy atom. The van der Waals surface area contributed by atoms with Crippen molar-refractivity contribution in [1.29, 1.82) is 0 Å². The number of amides is 1. The quantitative estimate of drug-likeness (QED) is 0.681. The summed E-state index contributed by atoms with van der Waals surface area (Å²) in [5.41, 5.74) is 0.728. The molecule has 1 aromatic carbocycles. The van der Waals surface area contributed by atoms with Gasteiger partial charge in [0.25, 0.3) is 5.91 Å². The van der Waals surface area contributed by atoms with Crippen molar-refractivity contribution in [1.82, 2.24) is 9.29 Å². The Hall–Kier alpha value is -1.52. The molecule has 0 spiro atoms. The normalized spacial score (nSPS) is 15.6. The van der Waals surface area contributed by atoms with E-state index in [1.165, 1.54) is 21.7 Å². The predicted octanol–water partition coefficient (Wildman–Crippen LogP) is 4.05. The lowest BCUT2D eigenvalue weighted by atomic mass is 10.3. The Morgan fingerprint density at radius 1 is 1.23 bits per heavy atom. The number of halogens is 1. The number of thiophene rings is 1. The van der Waals surface area contributed by atoms with Crippen molar-refractivity contribution < 1.29 is 13.2 Å². The number of hydrogen-bond donors (Lipinski definition) is 1. The Labute approximate surface area is 163 Å². The van der Waals surface area contributed by atoms with Crippen LogP contribution in [-0.2, 0) is 10.0 Å². The fourth-order valence-corrected chi connectivity index (χ4v) is 6.79. The van der Waals surface area contributed by atoms with Crippen LogP contribution in [-0.4, -0.2) is 36.7 Å². The van der Waals surface area contributed by atoms with E-state index in [0.29, 0.717) is 23.2 Å². The average Bonchev–Trinajstić information content (AvgIpc) is 3.34. The molecule has 0 saturated carbocycles. The largest absolute Gasteiger partial charge is 0.297 e. The Kier molecular flexibility index (Phi) is 4.74. The van der Waals surface area contributed by atoms with Crippen LogP contribution in [0.15, 0.2) is 34.5 Å². The fourth-order valence-electron chi connectivity index (χ4n) is 2.84. The Bertz CT molecular complexity index is 1080. The number of sulfonamides is 1. The highest BCUT2D eigenvalue weighted by atomic mass is 35.5. The number of carbonyl (C=O) groups excluding carboxylic acids is 1. The summed E-state index contributed by atoms with van der Waals surface area (Å²) in [5, 5.41) is 5.33. The van der Waals surface area contributed by atoms with Crippen molar-refractivity contribution in [3.05, 3.63) is 39.5 Å². The van der Waals surface area contributed by atoms with E-state index in [4.69, 9.17) is 11.6 Å². The minimum atomic E-state index is -3.65. The van der Waals surface area contributed by atoms with Gasteiger partial charge in [0, 0.05) is 18.1 Å². The highest BCUT2D eigenvalue weighted by molar-refractivity contribution is 7.89. The van der Waals surface area contributed by atoms with E-state index in [0.717, 1.165) is 34.4 Å². The third-order valence-corrected chi connectivity index (χ3v) is 8.24. The van der Waals surface area contributed by atoms with Crippen molar-refractivity contribution in [3.63, 3.8) is 0 Å². The van der Waals surface area contributed by atoms with Crippen LogP contribution < -0.4 is 5.32 Å². The molecule has 136 valence electrons. The SMILES string of the molecule is O=C(Nc1nc2ccc(Cl)cc2s1)c1sccc1S(=O)(=O)N1CCCC1. The summed E-state index contributed by atoms with van der Waals surface area (Å²) in [6, 6.07) is 6.78. The van der Waals surface area contributed by atoms with Gasteiger partial charge in [0.05, 0.1) is 10.2 Å². The zero-order chi connectivity index (χ0) is 18.3. The van der Waals surface area contributed by atoms with Crippen molar-refractivity contribution >= 4 is 65.6 Å². The predicted molar refractivity (Wildman–Crippen MR) is 105 cm³/mol. The number of aromatic nitrogens is 1. The summed E-state index contributed by atoms with van der Waals surface area (Å²) in [6.07, 6.45) is 1.69. The molecule has 0 atom stereocenters. The summed E-state index contributed by atoms with van der Waals surface area (Å²) in [5.74, 6) is -0.470. The first-order valence-electron chi connectivity index (χ1n) is 7.90. The van der Waals surface area contributed by atoms with E-state index < -0.39 is 15.9 Å². The van der Waals surface area contributed by atoms with Gasteiger partial charge >= 0.3 is 0 Å². The van der Waals surface area contributed by atoms with Crippen LogP contribution in [0.1, 0.15) is 22.5 Å². The topological polar surface area (TPSA) is 79.4 Å². The number of nitrogens with one attached hydrogen (secondary N) is 1. The number of thiazole rings is 1. The second-order valence-electron chi connectivity index (χ2n) is 5.81. The van der Waals surface area contributed by atoms with Crippen LogP contribution in [0.5, 0.6) is 0 Å². The van der Waals surface area contributed by atoms with Gasteiger partial charge in [-0.3, -0.25) is 10.1 Å². The number of rotatable bonds is 4. The van der Waals surface area contributed by atoms with Crippen LogP contribution in [0, 0.1) is 0 Å². The highest BCUT2D eigenvalue weighted by Crippen LogP contribution is 2.31. The van der Waals surface area contributed by atoms with E-state index in [2.05, 4.69) is 10.3 Å². The minimum absolute atomic E-state index is 0.0612. The maximum atomic E-state index is 12.8. The van der Waals surface area contributed by atoms with E-state index in [1.807, 2.05) is 0 Å². The van der Waals surface area contributed by atoms with E-state index in [-0.39, 0.29) is 9.77 Å². The number of hydrogen-bond acceptors (Lipinski definition) is 6. The lowest BCUT2D eigenvalue weighted by Crippen LogP contribution is -2.29. The monoisotopic (exact) mass is 427 g/mol. The molecule has 1 amide bonds. The summed E-state index contributed by atoms with van der Waals surface area (Å²) >= 11 is 8.37. The molecule has 10 heteroatoms. The Morgan fingerprint density at radius 3 is 2.77 bits per heavy atom. The van der Waals surface area contributed by atoms with E-state index >= 15 is 0 Å². The fraction of sp³-hybridized carbons (Fsp3) is 0.250. The first-order valence-corrected chi connectivity index (χ1v) is 11.4. The van der Waals surface area contributed by atoms with Gasteiger partial charge in [-0.05, 0) is 42.5 Å². The van der Waals surface area contributed by atoms with Crippen LogP contribution in [0.25, 0.3) is 10.2 Å². The van der Waals surface area contributed by atoms with Gasteiger partial charge in [-0.15, -0.1) is 11.3 Å². The maximum Gasteiger partial charge on any atom is 0.268 e. The molecule has 1 fully saturated rings. The third-order valence-electron chi connectivity index (χ3n) is 4.09.